The van der Waals surface area contributed by atoms with Crippen molar-refractivity contribution >= 4 is 38.4 Å². The van der Waals surface area contributed by atoms with Crippen LogP contribution in [0.1, 0.15) is 18.9 Å². The lowest BCUT2D eigenvalue weighted by Gasteiger charge is -2.01. The summed E-state index contributed by atoms with van der Waals surface area (Å²) in [5.74, 6) is 0. The van der Waals surface area contributed by atoms with Gasteiger partial charge in [0.25, 0.3) is 0 Å². The van der Waals surface area contributed by atoms with Gasteiger partial charge in [-0.3, -0.25) is 0 Å². The third-order valence-corrected chi connectivity index (χ3v) is 3.55. The Morgan fingerprint density at radius 3 is 2.86 bits per heavy atom. The number of benzene rings is 1. The molecule has 0 radical (unpaired) electrons. The van der Waals surface area contributed by atoms with E-state index in [4.69, 9.17) is 11.6 Å². The number of nitrogens with zero attached hydrogens (tertiary/aromatic N) is 1. The summed E-state index contributed by atoms with van der Waals surface area (Å²) in [5.41, 5.74) is 1.28. The fourth-order valence-corrected chi connectivity index (χ4v) is 2.55. The quantitative estimate of drug-likeness (QED) is 0.724. The molecule has 2 aromatic rings. The van der Waals surface area contributed by atoms with Gasteiger partial charge in [-0.25, -0.2) is 0 Å². The summed E-state index contributed by atoms with van der Waals surface area (Å²) >= 11 is 9.53. The molecule has 0 spiro atoms. The van der Waals surface area contributed by atoms with Gasteiger partial charge < -0.3 is 4.57 Å². The van der Waals surface area contributed by atoms with E-state index in [2.05, 4.69) is 32.8 Å². The van der Waals surface area contributed by atoms with Gasteiger partial charge >= 0.3 is 0 Å². The van der Waals surface area contributed by atoms with Crippen LogP contribution in [0.5, 0.6) is 0 Å². The van der Waals surface area contributed by atoms with E-state index in [1.54, 1.807) is 0 Å². The monoisotopic (exact) mass is 269 g/mol. The lowest BCUT2D eigenvalue weighted by molar-refractivity contribution is 0.774. The Morgan fingerprint density at radius 1 is 1.36 bits per heavy atom. The molecule has 1 heterocycles. The Labute approximate surface area is 95.8 Å². The van der Waals surface area contributed by atoms with Crippen molar-refractivity contribution in [3.63, 3.8) is 0 Å². The first-order valence-electron chi connectivity index (χ1n) is 4.71. The molecule has 1 nitrogen and oxygen atoms in total. The molecule has 1 aromatic heterocycles. The molecule has 1 aliphatic carbocycles. The molecule has 1 aliphatic rings. The van der Waals surface area contributed by atoms with Crippen LogP contribution in [0.3, 0.4) is 0 Å². The summed E-state index contributed by atoms with van der Waals surface area (Å²) in [5, 5.41) is 2.01. The predicted octanol–water partition coefficient (Wildman–Crippen LogP) is 4.39. The van der Waals surface area contributed by atoms with E-state index in [0.29, 0.717) is 6.04 Å². The van der Waals surface area contributed by atoms with Crippen LogP contribution in [0.15, 0.2) is 28.9 Å². The first kappa shape index (κ1) is 8.81. The maximum Gasteiger partial charge on any atom is 0.0495 e. The van der Waals surface area contributed by atoms with Gasteiger partial charge in [0.1, 0.15) is 0 Å². The Morgan fingerprint density at radius 2 is 2.14 bits per heavy atom. The summed E-state index contributed by atoms with van der Waals surface area (Å²) in [6, 6.07) is 6.78. The van der Waals surface area contributed by atoms with E-state index in [1.807, 2.05) is 12.1 Å². The molecule has 0 atom stereocenters. The highest BCUT2D eigenvalue weighted by atomic mass is 79.9. The minimum absolute atomic E-state index is 0.713. The van der Waals surface area contributed by atoms with Gasteiger partial charge in [-0.1, -0.05) is 11.6 Å². The van der Waals surface area contributed by atoms with E-state index in [-0.39, 0.29) is 0 Å². The zero-order valence-electron chi connectivity index (χ0n) is 7.50. The second-order valence-electron chi connectivity index (χ2n) is 3.78. The summed E-state index contributed by atoms with van der Waals surface area (Å²) in [7, 11) is 0. The van der Waals surface area contributed by atoms with Crippen molar-refractivity contribution in [1.82, 2.24) is 4.57 Å². The van der Waals surface area contributed by atoms with Crippen molar-refractivity contribution in [3.05, 3.63) is 33.9 Å². The second-order valence-corrected chi connectivity index (χ2v) is 5.07. The lowest BCUT2D eigenvalue weighted by Crippen LogP contribution is -1.89. The number of hydrogen-bond donors (Lipinski definition) is 0. The first-order valence-corrected chi connectivity index (χ1v) is 5.88. The predicted molar refractivity (Wildman–Crippen MR) is 62.9 cm³/mol. The fraction of sp³-hybridized carbons (Fsp3) is 0.273. The van der Waals surface area contributed by atoms with Gasteiger partial charge in [0.2, 0.25) is 0 Å². The van der Waals surface area contributed by atoms with Crippen LogP contribution < -0.4 is 0 Å². The Hall–Kier alpha value is -0.470. The van der Waals surface area contributed by atoms with Crippen LogP contribution in [-0.4, -0.2) is 4.57 Å². The summed E-state index contributed by atoms with van der Waals surface area (Å²) < 4.78 is 3.48. The number of fused-ring (bicyclic) bond motifs is 1. The Balaban J connectivity index is 2.32. The summed E-state index contributed by atoms with van der Waals surface area (Å²) in [6.45, 7) is 0. The van der Waals surface area contributed by atoms with Crippen molar-refractivity contribution in [2.75, 3.05) is 0 Å². The van der Waals surface area contributed by atoms with Crippen LogP contribution in [0.25, 0.3) is 10.9 Å². The van der Waals surface area contributed by atoms with Crippen LogP contribution in [0, 0.1) is 0 Å². The molecule has 0 bridgehead atoms. The SMILES string of the molecule is Clc1ccc2c(c1)c(Br)cn2C1CC1. The van der Waals surface area contributed by atoms with Gasteiger partial charge in [-0.15, -0.1) is 0 Å². The highest BCUT2D eigenvalue weighted by molar-refractivity contribution is 9.10. The van der Waals surface area contributed by atoms with Crippen LogP contribution >= 0.6 is 27.5 Å². The molecule has 1 aromatic carbocycles. The average Bonchev–Trinajstić information content (AvgIpc) is 2.94. The smallest absolute Gasteiger partial charge is 0.0495 e. The molecule has 3 rings (SSSR count). The second kappa shape index (κ2) is 3.01. The van der Waals surface area contributed by atoms with E-state index < -0.39 is 0 Å². The molecular weight excluding hydrogens is 261 g/mol. The molecule has 0 saturated heterocycles. The topological polar surface area (TPSA) is 4.93 Å². The third-order valence-electron chi connectivity index (χ3n) is 2.69. The van der Waals surface area contributed by atoms with Crippen molar-refractivity contribution in [1.29, 1.82) is 0 Å². The van der Waals surface area contributed by atoms with Gasteiger partial charge in [-0.05, 0) is 47.0 Å². The van der Waals surface area contributed by atoms with Crippen molar-refractivity contribution < 1.29 is 0 Å². The standard InChI is InChI=1S/C11H9BrClN/c12-10-6-14(8-2-3-8)11-4-1-7(13)5-9(10)11/h1,4-6,8H,2-3H2. The van der Waals surface area contributed by atoms with E-state index in [9.17, 15) is 0 Å². The van der Waals surface area contributed by atoms with Crippen molar-refractivity contribution in [2.24, 2.45) is 0 Å². The third kappa shape index (κ3) is 1.29. The van der Waals surface area contributed by atoms with E-state index in [1.165, 1.54) is 23.7 Å². The molecule has 1 saturated carbocycles. The maximum atomic E-state index is 5.97. The maximum absolute atomic E-state index is 5.97. The molecular formula is C11H9BrClN. The molecule has 72 valence electrons. The molecule has 0 unspecified atom stereocenters. The molecule has 1 fully saturated rings. The highest BCUT2D eigenvalue weighted by Gasteiger charge is 2.25. The first-order chi connectivity index (χ1) is 6.75. The van der Waals surface area contributed by atoms with Crippen molar-refractivity contribution in [3.8, 4) is 0 Å². The van der Waals surface area contributed by atoms with Gasteiger partial charge in [0, 0.05) is 32.6 Å². The van der Waals surface area contributed by atoms with E-state index >= 15 is 0 Å². The highest BCUT2D eigenvalue weighted by Crippen LogP contribution is 2.40. The van der Waals surface area contributed by atoms with Gasteiger partial charge in [0.15, 0.2) is 0 Å². The fourth-order valence-electron chi connectivity index (χ4n) is 1.84. The molecule has 0 amide bonds. The molecule has 0 aliphatic heterocycles. The Bertz CT molecular complexity index is 499. The van der Waals surface area contributed by atoms with E-state index in [0.717, 1.165) is 9.50 Å². The van der Waals surface area contributed by atoms with Gasteiger partial charge in [-0.2, -0.15) is 0 Å². The lowest BCUT2D eigenvalue weighted by atomic mass is 10.2. The van der Waals surface area contributed by atoms with Crippen LogP contribution in [0.4, 0.5) is 0 Å². The summed E-state index contributed by atoms with van der Waals surface area (Å²) in [4.78, 5) is 0. The number of halogens is 2. The number of rotatable bonds is 1. The normalized spacial score (nSPS) is 16.4. The molecule has 14 heavy (non-hydrogen) atoms. The van der Waals surface area contributed by atoms with Crippen LogP contribution in [0.2, 0.25) is 5.02 Å². The zero-order valence-corrected chi connectivity index (χ0v) is 9.85. The number of aromatic nitrogens is 1. The minimum atomic E-state index is 0.713. The molecule has 3 heteroatoms. The van der Waals surface area contributed by atoms with Crippen LogP contribution in [-0.2, 0) is 0 Å². The van der Waals surface area contributed by atoms with Crippen molar-refractivity contribution in [2.45, 2.75) is 18.9 Å². The largest absolute Gasteiger partial charge is 0.343 e. The Kier molecular flexibility index (Phi) is 1.89. The molecule has 0 N–H and O–H groups in total. The zero-order chi connectivity index (χ0) is 9.71. The average molecular weight is 271 g/mol. The minimum Gasteiger partial charge on any atom is -0.343 e. The number of hydrogen-bond acceptors (Lipinski definition) is 0. The van der Waals surface area contributed by atoms with Gasteiger partial charge in [0.05, 0.1) is 0 Å². The summed E-state index contributed by atoms with van der Waals surface area (Å²) in [6.07, 6.45) is 4.77.